The third-order valence-corrected chi connectivity index (χ3v) is 5.17. The maximum atomic E-state index is 5.57. The Bertz CT molecular complexity index is 291. The molecular formula is C17H34N2O2. The monoisotopic (exact) mass is 298 g/mol. The first-order valence-electron chi connectivity index (χ1n) is 8.57. The normalized spacial score (nSPS) is 29.6. The third kappa shape index (κ3) is 4.65. The van der Waals surface area contributed by atoms with Crippen molar-refractivity contribution in [3.05, 3.63) is 0 Å². The Morgan fingerprint density at radius 3 is 2.14 bits per heavy atom. The van der Waals surface area contributed by atoms with E-state index in [1.165, 1.54) is 32.2 Å². The molecule has 21 heavy (non-hydrogen) atoms. The highest BCUT2D eigenvalue weighted by Crippen LogP contribution is 2.39. The van der Waals surface area contributed by atoms with Crippen LogP contribution in [0.1, 0.15) is 39.5 Å². The van der Waals surface area contributed by atoms with Crippen molar-refractivity contribution < 1.29 is 9.47 Å². The Balaban J connectivity index is 1.88. The van der Waals surface area contributed by atoms with E-state index in [1.807, 2.05) is 0 Å². The highest BCUT2D eigenvalue weighted by atomic mass is 16.5. The van der Waals surface area contributed by atoms with E-state index in [4.69, 9.17) is 9.47 Å². The van der Waals surface area contributed by atoms with Crippen LogP contribution in [0.3, 0.4) is 0 Å². The van der Waals surface area contributed by atoms with Crippen molar-refractivity contribution in [2.75, 3.05) is 46.9 Å². The topological polar surface area (TPSA) is 33.7 Å². The number of methoxy groups -OCH3 is 2. The number of nitrogens with zero attached hydrogens (tertiary/aromatic N) is 1. The molecule has 0 amide bonds. The zero-order valence-electron chi connectivity index (χ0n) is 14.4. The summed E-state index contributed by atoms with van der Waals surface area (Å²) in [6.07, 6.45) is 5.97. The van der Waals surface area contributed by atoms with Crippen molar-refractivity contribution in [1.82, 2.24) is 10.2 Å². The Hall–Kier alpha value is -0.160. The lowest BCUT2D eigenvalue weighted by atomic mass is 9.85. The molecule has 2 aliphatic rings. The SMILES string of the molecule is COC1CN(CC2(CNCC(C)C)CCCC2)CC1OC. The van der Waals surface area contributed by atoms with Gasteiger partial charge in [0.25, 0.3) is 0 Å². The Morgan fingerprint density at radius 1 is 1.10 bits per heavy atom. The summed E-state index contributed by atoms with van der Waals surface area (Å²) in [6.45, 7) is 10.1. The molecule has 4 heteroatoms. The van der Waals surface area contributed by atoms with Crippen molar-refractivity contribution in [3.8, 4) is 0 Å². The molecule has 2 fully saturated rings. The summed E-state index contributed by atoms with van der Waals surface area (Å²) in [6, 6.07) is 0. The first-order chi connectivity index (χ1) is 10.1. The van der Waals surface area contributed by atoms with Crippen LogP contribution < -0.4 is 5.32 Å². The smallest absolute Gasteiger partial charge is 0.0971 e. The van der Waals surface area contributed by atoms with Gasteiger partial charge in [-0.1, -0.05) is 26.7 Å². The van der Waals surface area contributed by atoms with Crippen LogP contribution in [0, 0.1) is 11.3 Å². The Morgan fingerprint density at radius 2 is 1.67 bits per heavy atom. The molecule has 124 valence electrons. The molecular weight excluding hydrogens is 264 g/mol. The lowest BCUT2D eigenvalue weighted by molar-refractivity contribution is -0.00461. The first kappa shape index (κ1) is 17.2. The van der Waals surface area contributed by atoms with Crippen LogP contribution >= 0.6 is 0 Å². The molecule has 2 unspecified atom stereocenters. The van der Waals surface area contributed by atoms with Gasteiger partial charge < -0.3 is 14.8 Å². The minimum atomic E-state index is 0.233. The quantitative estimate of drug-likeness (QED) is 0.744. The average Bonchev–Trinajstić information content (AvgIpc) is 3.05. The number of likely N-dealkylation sites (tertiary alicyclic amines) is 1. The summed E-state index contributed by atoms with van der Waals surface area (Å²) < 4.78 is 11.1. The van der Waals surface area contributed by atoms with Crippen LogP contribution in [0.2, 0.25) is 0 Å². The van der Waals surface area contributed by atoms with Gasteiger partial charge >= 0.3 is 0 Å². The molecule has 1 saturated heterocycles. The molecule has 2 rings (SSSR count). The summed E-state index contributed by atoms with van der Waals surface area (Å²) in [4.78, 5) is 2.56. The van der Waals surface area contributed by atoms with Crippen LogP contribution in [-0.2, 0) is 9.47 Å². The van der Waals surface area contributed by atoms with Crippen molar-refractivity contribution in [1.29, 1.82) is 0 Å². The minimum Gasteiger partial charge on any atom is -0.377 e. The predicted molar refractivity (Wildman–Crippen MR) is 86.6 cm³/mol. The second-order valence-electron chi connectivity index (χ2n) is 7.47. The summed E-state index contributed by atoms with van der Waals surface area (Å²) in [5, 5.41) is 3.70. The van der Waals surface area contributed by atoms with Crippen LogP contribution in [0.4, 0.5) is 0 Å². The van der Waals surface area contributed by atoms with Crippen molar-refractivity contribution in [2.45, 2.75) is 51.7 Å². The summed E-state index contributed by atoms with van der Waals surface area (Å²) in [5.74, 6) is 0.728. The van der Waals surface area contributed by atoms with E-state index in [2.05, 4.69) is 24.1 Å². The third-order valence-electron chi connectivity index (χ3n) is 5.17. The van der Waals surface area contributed by atoms with Gasteiger partial charge in [0, 0.05) is 40.4 Å². The van der Waals surface area contributed by atoms with E-state index < -0.39 is 0 Å². The summed E-state index contributed by atoms with van der Waals surface area (Å²) >= 11 is 0. The molecule has 1 aliphatic heterocycles. The van der Waals surface area contributed by atoms with E-state index in [1.54, 1.807) is 14.2 Å². The lowest BCUT2D eigenvalue weighted by Crippen LogP contribution is -2.43. The van der Waals surface area contributed by atoms with E-state index in [0.29, 0.717) is 5.41 Å². The van der Waals surface area contributed by atoms with E-state index in [-0.39, 0.29) is 12.2 Å². The van der Waals surface area contributed by atoms with Crippen LogP contribution in [0.5, 0.6) is 0 Å². The van der Waals surface area contributed by atoms with Gasteiger partial charge in [-0.2, -0.15) is 0 Å². The zero-order valence-corrected chi connectivity index (χ0v) is 14.4. The fraction of sp³-hybridized carbons (Fsp3) is 1.00. The fourth-order valence-corrected chi connectivity index (χ4v) is 4.02. The van der Waals surface area contributed by atoms with Gasteiger partial charge in [0.1, 0.15) is 0 Å². The molecule has 4 nitrogen and oxygen atoms in total. The number of rotatable bonds is 8. The maximum Gasteiger partial charge on any atom is 0.0971 e. The van der Waals surface area contributed by atoms with Crippen LogP contribution in [0.15, 0.2) is 0 Å². The molecule has 2 atom stereocenters. The first-order valence-corrected chi connectivity index (χ1v) is 8.57. The summed E-state index contributed by atoms with van der Waals surface area (Å²) in [7, 11) is 3.60. The zero-order chi connectivity index (χ0) is 15.3. The van der Waals surface area contributed by atoms with Gasteiger partial charge in [-0.25, -0.2) is 0 Å². The number of hydrogen-bond acceptors (Lipinski definition) is 4. The molecule has 0 aromatic rings. The molecule has 0 aromatic heterocycles. The number of nitrogens with one attached hydrogen (secondary N) is 1. The molecule has 0 bridgehead atoms. The van der Waals surface area contributed by atoms with Gasteiger partial charge in [0.15, 0.2) is 0 Å². The van der Waals surface area contributed by atoms with Gasteiger partial charge in [0.2, 0.25) is 0 Å². The highest BCUT2D eigenvalue weighted by molar-refractivity contribution is 4.94. The van der Waals surface area contributed by atoms with Crippen molar-refractivity contribution in [3.63, 3.8) is 0 Å². The fourth-order valence-electron chi connectivity index (χ4n) is 4.02. The molecule has 1 saturated carbocycles. The van der Waals surface area contributed by atoms with Gasteiger partial charge in [-0.05, 0) is 30.7 Å². The van der Waals surface area contributed by atoms with Crippen LogP contribution in [-0.4, -0.2) is 64.1 Å². The standard InChI is InChI=1S/C17H34N2O2/c1-14(2)9-18-12-17(7-5-6-8-17)13-19-10-15(20-3)16(11-19)21-4/h14-16,18H,5-13H2,1-4H3. The minimum absolute atomic E-state index is 0.233. The molecule has 1 aliphatic carbocycles. The number of ether oxygens (including phenoxy) is 2. The van der Waals surface area contributed by atoms with Gasteiger partial charge in [-0.3, -0.25) is 4.90 Å². The van der Waals surface area contributed by atoms with Crippen molar-refractivity contribution in [2.24, 2.45) is 11.3 Å². The largest absolute Gasteiger partial charge is 0.377 e. The second-order valence-corrected chi connectivity index (χ2v) is 7.47. The van der Waals surface area contributed by atoms with Gasteiger partial charge in [0.05, 0.1) is 12.2 Å². The molecule has 1 N–H and O–H groups in total. The van der Waals surface area contributed by atoms with E-state index in [9.17, 15) is 0 Å². The van der Waals surface area contributed by atoms with Gasteiger partial charge in [-0.15, -0.1) is 0 Å². The number of hydrogen-bond donors (Lipinski definition) is 1. The van der Waals surface area contributed by atoms with Crippen LogP contribution in [0.25, 0.3) is 0 Å². The Labute approximate surface area is 130 Å². The maximum absolute atomic E-state index is 5.57. The van der Waals surface area contributed by atoms with Crippen molar-refractivity contribution >= 4 is 0 Å². The highest BCUT2D eigenvalue weighted by Gasteiger charge is 2.40. The second kappa shape index (κ2) is 7.91. The molecule has 1 heterocycles. The average molecular weight is 298 g/mol. The molecule has 0 spiro atoms. The molecule has 0 aromatic carbocycles. The van der Waals surface area contributed by atoms with E-state index in [0.717, 1.165) is 32.1 Å². The predicted octanol–water partition coefficient (Wildman–Crippen LogP) is 2.14. The Kier molecular flexibility index (Phi) is 6.48. The van der Waals surface area contributed by atoms with E-state index >= 15 is 0 Å². The molecule has 0 radical (unpaired) electrons. The lowest BCUT2D eigenvalue weighted by Gasteiger charge is -2.34. The summed E-state index contributed by atoms with van der Waals surface area (Å²) in [5.41, 5.74) is 0.468.